The highest BCUT2D eigenvalue weighted by atomic mass is 16.6. The molecule has 1 fully saturated rings. The molecule has 1 saturated heterocycles. The van der Waals surface area contributed by atoms with Crippen molar-refractivity contribution in [1.82, 2.24) is 0 Å². The Bertz CT molecular complexity index is 215. The van der Waals surface area contributed by atoms with Gasteiger partial charge in [-0.1, -0.05) is 39.0 Å². The number of unbranched alkanes of at least 4 members (excludes halogenated alkanes) is 4. The maximum absolute atomic E-state index is 11.2. The predicted octanol–water partition coefficient (Wildman–Crippen LogP) is 2.68. The molecule has 0 aromatic carbocycles. The standard InChI is InChI=1S/C12H22O3/c1-4-5-6-7-8-9-12(2)10(15-12)11(13)14-3/h10H,4-9H2,1-3H3. The second-order valence-corrected chi connectivity index (χ2v) is 4.50. The van der Waals surface area contributed by atoms with Gasteiger partial charge in [0.05, 0.1) is 7.11 Å². The van der Waals surface area contributed by atoms with Gasteiger partial charge in [-0.05, 0) is 13.3 Å². The smallest absolute Gasteiger partial charge is 0.338 e. The van der Waals surface area contributed by atoms with E-state index in [1.54, 1.807) is 0 Å². The van der Waals surface area contributed by atoms with Crippen molar-refractivity contribution in [2.75, 3.05) is 7.11 Å². The van der Waals surface area contributed by atoms with E-state index < -0.39 is 0 Å². The summed E-state index contributed by atoms with van der Waals surface area (Å²) in [6, 6.07) is 0. The number of epoxide rings is 1. The Morgan fingerprint density at radius 2 is 2.00 bits per heavy atom. The van der Waals surface area contributed by atoms with Crippen molar-refractivity contribution in [3.05, 3.63) is 0 Å². The van der Waals surface area contributed by atoms with Gasteiger partial charge in [0.2, 0.25) is 0 Å². The van der Waals surface area contributed by atoms with Gasteiger partial charge in [0.1, 0.15) is 5.60 Å². The quantitative estimate of drug-likeness (QED) is 0.371. The van der Waals surface area contributed by atoms with E-state index in [4.69, 9.17) is 4.74 Å². The largest absolute Gasteiger partial charge is 0.467 e. The molecule has 0 bridgehead atoms. The number of carbonyl (C=O) groups excluding carboxylic acids is 1. The van der Waals surface area contributed by atoms with Crippen LogP contribution in [0.3, 0.4) is 0 Å². The molecule has 0 radical (unpaired) electrons. The molecule has 3 heteroatoms. The van der Waals surface area contributed by atoms with Gasteiger partial charge in [-0.25, -0.2) is 4.79 Å². The summed E-state index contributed by atoms with van der Waals surface area (Å²) in [5.74, 6) is -0.231. The van der Waals surface area contributed by atoms with Gasteiger partial charge in [0.15, 0.2) is 6.10 Å². The number of hydrogen-bond acceptors (Lipinski definition) is 3. The van der Waals surface area contributed by atoms with Crippen LogP contribution in [0.25, 0.3) is 0 Å². The summed E-state index contributed by atoms with van der Waals surface area (Å²) in [6.07, 6.45) is 6.89. The molecule has 1 aliphatic rings. The minimum Gasteiger partial charge on any atom is -0.467 e. The average Bonchev–Trinajstić information content (AvgIpc) is 2.90. The van der Waals surface area contributed by atoms with E-state index in [0.29, 0.717) is 0 Å². The summed E-state index contributed by atoms with van der Waals surface area (Å²) < 4.78 is 10.0. The predicted molar refractivity (Wildman–Crippen MR) is 58.7 cm³/mol. The van der Waals surface area contributed by atoms with Gasteiger partial charge in [0.25, 0.3) is 0 Å². The Kier molecular flexibility index (Phi) is 4.58. The summed E-state index contributed by atoms with van der Waals surface area (Å²) in [5.41, 5.74) is -0.237. The van der Waals surface area contributed by atoms with Gasteiger partial charge in [0, 0.05) is 0 Å². The number of ether oxygens (including phenoxy) is 2. The molecular formula is C12H22O3. The second kappa shape index (κ2) is 5.50. The maximum Gasteiger partial charge on any atom is 0.338 e. The summed E-state index contributed by atoms with van der Waals surface area (Å²) >= 11 is 0. The Hall–Kier alpha value is -0.570. The number of methoxy groups -OCH3 is 1. The lowest BCUT2D eigenvalue weighted by Gasteiger charge is -2.05. The molecule has 88 valence electrons. The fourth-order valence-corrected chi connectivity index (χ4v) is 1.91. The molecule has 0 saturated carbocycles. The fraction of sp³-hybridized carbons (Fsp3) is 0.917. The second-order valence-electron chi connectivity index (χ2n) is 4.50. The zero-order valence-electron chi connectivity index (χ0n) is 10.0. The van der Waals surface area contributed by atoms with Crippen LogP contribution < -0.4 is 0 Å². The van der Waals surface area contributed by atoms with Crippen LogP contribution in [0.5, 0.6) is 0 Å². The molecule has 0 aliphatic carbocycles. The first-order chi connectivity index (χ1) is 7.14. The lowest BCUT2D eigenvalue weighted by molar-refractivity contribution is -0.142. The van der Waals surface area contributed by atoms with Gasteiger partial charge in [-0.2, -0.15) is 0 Å². The molecule has 0 spiro atoms. The zero-order chi connectivity index (χ0) is 11.3. The Morgan fingerprint density at radius 1 is 1.33 bits per heavy atom. The normalized spacial score (nSPS) is 28.9. The summed E-state index contributed by atoms with van der Waals surface area (Å²) in [7, 11) is 1.41. The number of carbonyl (C=O) groups is 1. The highest BCUT2D eigenvalue weighted by molar-refractivity contribution is 5.79. The first-order valence-electron chi connectivity index (χ1n) is 5.89. The highest BCUT2D eigenvalue weighted by Crippen LogP contribution is 2.41. The summed E-state index contributed by atoms with van der Waals surface area (Å²) in [5, 5.41) is 0. The minimum absolute atomic E-state index is 0.231. The lowest BCUT2D eigenvalue weighted by Crippen LogP contribution is -2.18. The topological polar surface area (TPSA) is 38.8 Å². The van der Waals surface area contributed by atoms with Gasteiger partial charge < -0.3 is 9.47 Å². The van der Waals surface area contributed by atoms with Crippen LogP contribution in [0.15, 0.2) is 0 Å². The van der Waals surface area contributed by atoms with Gasteiger partial charge in [-0.3, -0.25) is 0 Å². The van der Waals surface area contributed by atoms with Crippen molar-refractivity contribution >= 4 is 5.97 Å². The monoisotopic (exact) mass is 214 g/mol. The van der Waals surface area contributed by atoms with Gasteiger partial charge >= 0.3 is 5.97 Å². The van der Waals surface area contributed by atoms with Crippen LogP contribution in [0.4, 0.5) is 0 Å². The molecule has 1 aliphatic heterocycles. The minimum atomic E-state index is -0.311. The first-order valence-corrected chi connectivity index (χ1v) is 5.89. The lowest BCUT2D eigenvalue weighted by atomic mass is 9.99. The van der Waals surface area contributed by atoms with Crippen LogP contribution in [-0.4, -0.2) is 24.8 Å². The molecule has 2 unspecified atom stereocenters. The number of esters is 1. The summed E-state index contributed by atoms with van der Waals surface area (Å²) in [4.78, 5) is 11.2. The molecule has 1 heterocycles. The molecule has 15 heavy (non-hydrogen) atoms. The fourth-order valence-electron chi connectivity index (χ4n) is 1.91. The van der Waals surface area contributed by atoms with Crippen molar-refractivity contribution in [2.24, 2.45) is 0 Å². The molecule has 2 atom stereocenters. The Labute approximate surface area is 92.1 Å². The molecule has 3 nitrogen and oxygen atoms in total. The van der Waals surface area contributed by atoms with E-state index in [9.17, 15) is 4.79 Å². The summed E-state index contributed by atoms with van der Waals surface area (Å²) in [6.45, 7) is 4.20. The molecule has 0 amide bonds. The van der Waals surface area contributed by atoms with E-state index in [1.165, 1.54) is 32.8 Å². The van der Waals surface area contributed by atoms with E-state index in [-0.39, 0.29) is 17.7 Å². The zero-order valence-corrected chi connectivity index (χ0v) is 10.0. The van der Waals surface area contributed by atoms with Crippen LogP contribution in [0.2, 0.25) is 0 Å². The Balaban J connectivity index is 2.10. The highest BCUT2D eigenvalue weighted by Gasteiger charge is 2.57. The SMILES string of the molecule is CCCCCCCC1(C)OC1C(=O)OC. The molecule has 0 N–H and O–H groups in total. The van der Waals surface area contributed by atoms with Crippen molar-refractivity contribution in [3.8, 4) is 0 Å². The third kappa shape index (κ3) is 3.49. The third-order valence-electron chi connectivity index (χ3n) is 3.08. The van der Waals surface area contributed by atoms with E-state index in [0.717, 1.165) is 12.8 Å². The Morgan fingerprint density at radius 3 is 2.60 bits per heavy atom. The van der Waals surface area contributed by atoms with Crippen molar-refractivity contribution in [2.45, 2.75) is 64.1 Å². The third-order valence-corrected chi connectivity index (χ3v) is 3.08. The van der Waals surface area contributed by atoms with Crippen LogP contribution in [0.1, 0.15) is 52.4 Å². The maximum atomic E-state index is 11.2. The number of rotatable bonds is 7. The van der Waals surface area contributed by atoms with Crippen LogP contribution in [0, 0.1) is 0 Å². The molecule has 1 rings (SSSR count). The number of hydrogen-bond donors (Lipinski definition) is 0. The molecule has 0 aromatic heterocycles. The van der Waals surface area contributed by atoms with Crippen LogP contribution in [-0.2, 0) is 14.3 Å². The van der Waals surface area contributed by atoms with E-state index in [1.807, 2.05) is 6.92 Å². The first kappa shape index (κ1) is 12.5. The van der Waals surface area contributed by atoms with E-state index >= 15 is 0 Å². The average molecular weight is 214 g/mol. The van der Waals surface area contributed by atoms with Crippen molar-refractivity contribution < 1.29 is 14.3 Å². The molecular weight excluding hydrogens is 192 g/mol. The van der Waals surface area contributed by atoms with Crippen molar-refractivity contribution in [3.63, 3.8) is 0 Å². The van der Waals surface area contributed by atoms with Crippen molar-refractivity contribution in [1.29, 1.82) is 0 Å². The molecule has 0 aromatic rings. The van der Waals surface area contributed by atoms with E-state index in [2.05, 4.69) is 11.7 Å². The van der Waals surface area contributed by atoms with Crippen LogP contribution >= 0.6 is 0 Å². The van der Waals surface area contributed by atoms with Gasteiger partial charge in [-0.15, -0.1) is 0 Å².